The third-order valence-electron chi connectivity index (χ3n) is 2.92. The van der Waals surface area contributed by atoms with E-state index >= 15 is 0 Å². The molecule has 0 aliphatic carbocycles. The zero-order chi connectivity index (χ0) is 18.9. The predicted octanol–water partition coefficient (Wildman–Crippen LogP) is 2.75. The van der Waals surface area contributed by atoms with E-state index in [1.165, 1.54) is 18.2 Å². The number of halogens is 2. The van der Waals surface area contributed by atoms with E-state index in [0.29, 0.717) is 10.8 Å². The van der Waals surface area contributed by atoms with Gasteiger partial charge in [0.2, 0.25) is 0 Å². The highest BCUT2D eigenvalue weighted by Crippen LogP contribution is 2.22. The molecule has 0 fully saturated rings. The van der Waals surface area contributed by atoms with Gasteiger partial charge in [0.15, 0.2) is 13.2 Å². The molecular weight excluding hydrogens is 367 g/mol. The molecule has 0 aliphatic heterocycles. The Kier molecular flexibility index (Phi) is 6.92. The molecule has 3 amide bonds. The Hall–Kier alpha value is -3.13. The third-order valence-corrected chi connectivity index (χ3v) is 3.23. The van der Waals surface area contributed by atoms with Crippen LogP contribution in [0.1, 0.15) is 0 Å². The van der Waals surface area contributed by atoms with Crippen molar-refractivity contribution in [3.8, 4) is 5.75 Å². The van der Waals surface area contributed by atoms with E-state index in [0.717, 1.165) is 6.07 Å². The van der Waals surface area contributed by atoms with Gasteiger partial charge in [-0.05, 0) is 24.3 Å². The summed E-state index contributed by atoms with van der Waals surface area (Å²) in [6.07, 6.45) is 0. The van der Waals surface area contributed by atoms with Crippen molar-refractivity contribution >= 4 is 35.2 Å². The molecule has 0 spiro atoms. The first-order valence-electron chi connectivity index (χ1n) is 7.34. The Morgan fingerprint density at radius 3 is 2.42 bits per heavy atom. The first kappa shape index (κ1) is 19.2. The van der Waals surface area contributed by atoms with Gasteiger partial charge in [-0.1, -0.05) is 35.9 Å². The smallest absolute Gasteiger partial charge is 0.344 e. The normalized spacial score (nSPS) is 9.92. The van der Waals surface area contributed by atoms with Gasteiger partial charge in [0.25, 0.3) is 5.91 Å². The van der Waals surface area contributed by atoms with Crippen LogP contribution in [0.25, 0.3) is 0 Å². The molecule has 0 aromatic heterocycles. The standard InChI is InChI=1S/C17H14ClFN2O5/c18-11-5-1-4-8-14(11)25-10-16(23)26-9-15(22)21-17(24)20-13-7-3-2-6-12(13)19/h1-8H,9-10H2,(H2,20,21,22,24). The lowest BCUT2D eigenvalue weighted by Gasteiger charge is -2.09. The fourth-order valence-corrected chi connectivity index (χ4v) is 1.96. The molecule has 0 atom stereocenters. The fraction of sp³-hybridized carbons (Fsp3) is 0.118. The summed E-state index contributed by atoms with van der Waals surface area (Å²) in [7, 11) is 0. The summed E-state index contributed by atoms with van der Waals surface area (Å²) in [5.41, 5.74) is -0.0945. The van der Waals surface area contributed by atoms with Gasteiger partial charge in [-0.15, -0.1) is 0 Å². The number of nitrogens with one attached hydrogen (secondary N) is 2. The second kappa shape index (κ2) is 9.38. The summed E-state index contributed by atoms with van der Waals surface area (Å²) in [6.45, 7) is -1.16. The highest BCUT2D eigenvalue weighted by Gasteiger charge is 2.13. The number of urea groups is 1. The molecule has 2 N–H and O–H groups in total. The maximum Gasteiger partial charge on any atom is 0.344 e. The van der Waals surface area contributed by atoms with Gasteiger partial charge in [0, 0.05) is 0 Å². The average Bonchev–Trinajstić information content (AvgIpc) is 2.61. The second-order valence-electron chi connectivity index (χ2n) is 4.86. The molecule has 2 rings (SSSR count). The van der Waals surface area contributed by atoms with Crippen molar-refractivity contribution in [2.24, 2.45) is 0 Å². The Balaban J connectivity index is 1.71. The first-order chi connectivity index (χ1) is 12.5. The Labute approximate surface area is 153 Å². The van der Waals surface area contributed by atoms with Crippen LogP contribution in [0.2, 0.25) is 5.02 Å². The predicted molar refractivity (Wildman–Crippen MR) is 91.5 cm³/mol. The summed E-state index contributed by atoms with van der Waals surface area (Å²) < 4.78 is 23.2. The zero-order valence-corrected chi connectivity index (χ0v) is 14.1. The fourth-order valence-electron chi connectivity index (χ4n) is 1.77. The molecule has 136 valence electrons. The number of ether oxygens (including phenoxy) is 2. The number of anilines is 1. The van der Waals surface area contributed by atoms with Gasteiger partial charge < -0.3 is 14.8 Å². The van der Waals surface area contributed by atoms with E-state index in [1.807, 2.05) is 5.32 Å². The van der Waals surface area contributed by atoms with Crippen LogP contribution in [0, 0.1) is 5.82 Å². The van der Waals surface area contributed by atoms with Crippen molar-refractivity contribution in [3.05, 3.63) is 59.4 Å². The summed E-state index contributed by atoms with van der Waals surface area (Å²) in [5, 5.41) is 4.38. The number of rotatable bonds is 6. The van der Waals surface area contributed by atoms with Crippen LogP contribution >= 0.6 is 11.6 Å². The van der Waals surface area contributed by atoms with Gasteiger partial charge in [0.1, 0.15) is 11.6 Å². The molecule has 0 unspecified atom stereocenters. The number of imide groups is 1. The van der Waals surface area contributed by atoms with Crippen LogP contribution in [0.3, 0.4) is 0 Å². The van der Waals surface area contributed by atoms with Crippen molar-refractivity contribution in [1.29, 1.82) is 0 Å². The highest BCUT2D eigenvalue weighted by molar-refractivity contribution is 6.32. The van der Waals surface area contributed by atoms with Crippen molar-refractivity contribution in [2.75, 3.05) is 18.5 Å². The molecule has 2 aromatic rings. The number of benzene rings is 2. The monoisotopic (exact) mass is 380 g/mol. The molecule has 7 nitrogen and oxygen atoms in total. The van der Waals surface area contributed by atoms with Gasteiger partial charge in [-0.2, -0.15) is 0 Å². The molecule has 0 heterocycles. The van der Waals surface area contributed by atoms with Crippen molar-refractivity contribution < 1.29 is 28.2 Å². The van der Waals surface area contributed by atoms with E-state index < -0.39 is 36.9 Å². The van der Waals surface area contributed by atoms with E-state index in [9.17, 15) is 18.8 Å². The van der Waals surface area contributed by atoms with E-state index in [4.69, 9.17) is 16.3 Å². The summed E-state index contributed by atoms with van der Waals surface area (Å²) in [5.74, 6) is -2.07. The number of esters is 1. The first-order valence-corrected chi connectivity index (χ1v) is 7.72. The molecule has 0 aliphatic rings. The van der Waals surface area contributed by atoms with E-state index in [2.05, 4.69) is 10.1 Å². The molecule has 26 heavy (non-hydrogen) atoms. The maximum absolute atomic E-state index is 13.4. The minimum atomic E-state index is -0.955. The topological polar surface area (TPSA) is 93.7 Å². The number of carbonyl (C=O) groups excluding carboxylic acids is 3. The van der Waals surface area contributed by atoms with Crippen molar-refractivity contribution in [3.63, 3.8) is 0 Å². The minimum Gasteiger partial charge on any atom is -0.480 e. The van der Waals surface area contributed by atoms with Crippen LogP contribution in [0.15, 0.2) is 48.5 Å². The summed E-state index contributed by atoms with van der Waals surface area (Å²) in [4.78, 5) is 34.7. The van der Waals surface area contributed by atoms with Crippen LogP contribution in [-0.2, 0) is 14.3 Å². The van der Waals surface area contributed by atoms with Crippen molar-refractivity contribution in [2.45, 2.75) is 0 Å². The molecule has 9 heteroatoms. The molecule has 2 aromatic carbocycles. The lowest BCUT2D eigenvalue weighted by molar-refractivity contribution is -0.150. The molecule has 0 bridgehead atoms. The van der Waals surface area contributed by atoms with Gasteiger partial charge >= 0.3 is 12.0 Å². The highest BCUT2D eigenvalue weighted by atomic mass is 35.5. The Morgan fingerprint density at radius 1 is 1.00 bits per heavy atom. The van der Waals surface area contributed by atoms with Crippen LogP contribution in [0.5, 0.6) is 5.75 Å². The third kappa shape index (κ3) is 6.06. The van der Waals surface area contributed by atoms with Crippen LogP contribution < -0.4 is 15.4 Å². The molecule has 0 radical (unpaired) electrons. The maximum atomic E-state index is 13.4. The van der Waals surface area contributed by atoms with Gasteiger partial charge in [0.05, 0.1) is 10.7 Å². The van der Waals surface area contributed by atoms with E-state index in [1.54, 1.807) is 24.3 Å². The lowest BCUT2D eigenvalue weighted by atomic mass is 10.3. The second-order valence-corrected chi connectivity index (χ2v) is 5.27. The number of para-hydroxylation sites is 2. The SMILES string of the molecule is O=C(COC(=O)COc1ccccc1Cl)NC(=O)Nc1ccccc1F. The zero-order valence-electron chi connectivity index (χ0n) is 13.3. The quantitative estimate of drug-likeness (QED) is 0.751. The molecule has 0 saturated carbocycles. The average molecular weight is 381 g/mol. The van der Waals surface area contributed by atoms with Gasteiger partial charge in [-0.25, -0.2) is 14.0 Å². The summed E-state index contributed by atoms with van der Waals surface area (Å²) >= 11 is 5.86. The number of hydrogen-bond acceptors (Lipinski definition) is 5. The molecular formula is C17H14ClFN2O5. The summed E-state index contributed by atoms with van der Waals surface area (Å²) in [6, 6.07) is 11.0. The Morgan fingerprint density at radius 2 is 1.69 bits per heavy atom. The number of carbonyl (C=O) groups is 3. The van der Waals surface area contributed by atoms with Gasteiger partial charge in [-0.3, -0.25) is 10.1 Å². The van der Waals surface area contributed by atoms with Crippen molar-refractivity contribution in [1.82, 2.24) is 5.32 Å². The largest absolute Gasteiger partial charge is 0.480 e. The minimum absolute atomic E-state index is 0.0945. The lowest BCUT2D eigenvalue weighted by Crippen LogP contribution is -2.37. The van der Waals surface area contributed by atoms with E-state index in [-0.39, 0.29) is 5.69 Å². The number of hydrogen-bond donors (Lipinski definition) is 2. The Bertz CT molecular complexity index is 815. The van der Waals surface area contributed by atoms with Crippen LogP contribution in [-0.4, -0.2) is 31.1 Å². The van der Waals surface area contributed by atoms with Crippen LogP contribution in [0.4, 0.5) is 14.9 Å². The molecule has 0 saturated heterocycles. The number of amides is 3.